The highest BCUT2D eigenvalue weighted by atomic mass is 31.2. The first-order valence-electron chi connectivity index (χ1n) is 8.18. The largest absolute Gasteiger partial charge is 0.481 e. The molecule has 2 unspecified atom stereocenters. The van der Waals surface area contributed by atoms with Crippen molar-refractivity contribution in [3.63, 3.8) is 0 Å². The normalized spacial score (nSPS) is 14.7. The van der Waals surface area contributed by atoms with Gasteiger partial charge >= 0.3 is 11.9 Å². The van der Waals surface area contributed by atoms with Gasteiger partial charge in [-0.1, -0.05) is 32.6 Å². The molecule has 0 saturated carbocycles. The van der Waals surface area contributed by atoms with Crippen molar-refractivity contribution in [3.8, 4) is 0 Å². The van der Waals surface area contributed by atoms with E-state index in [1.54, 1.807) is 13.8 Å². The highest BCUT2D eigenvalue weighted by molar-refractivity contribution is 7.59. The lowest BCUT2D eigenvalue weighted by atomic mass is 10.5. The van der Waals surface area contributed by atoms with Crippen molar-refractivity contribution in [2.45, 2.75) is 26.7 Å². The first kappa shape index (κ1) is 27.0. The molecule has 0 heterocycles. The van der Waals surface area contributed by atoms with Crippen molar-refractivity contribution < 1.29 is 38.0 Å². The Bertz CT molecular complexity index is 544. The van der Waals surface area contributed by atoms with E-state index in [1.165, 1.54) is 12.2 Å². The van der Waals surface area contributed by atoms with Gasteiger partial charge in [-0.05, 0) is 0 Å². The number of aliphatic carboxylic acids is 1. The molecule has 0 aliphatic rings. The van der Waals surface area contributed by atoms with Crippen molar-refractivity contribution in [1.82, 2.24) is 0 Å². The molecule has 8 nitrogen and oxygen atoms in total. The summed E-state index contributed by atoms with van der Waals surface area (Å²) in [4.78, 5) is 30.2. The van der Waals surface area contributed by atoms with Crippen LogP contribution in [-0.4, -0.2) is 59.8 Å². The molecule has 2 atom stereocenters. The van der Waals surface area contributed by atoms with E-state index in [1.807, 2.05) is 0 Å². The first-order chi connectivity index (χ1) is 12.1. The lowest BCUT2D eigenvalue weighted by Gasteiger charge is -2.14. The molecule has 0 aromatic carbocycles. The van der Waals surface area contributed by atoms with Crippen LogP contribution < -0.4 is 0 Å². The number of rotatable bonds is 13. The van der Waals surface area contributed by atoms with E-state index in [-0.39, 0.29) is 44.5 Å². The summed E-state index contributed by atoms with van der Waals surface area (Å²) >= 11 is 0. The molecule has 2 N–H and O–H groups in total. The van der Waals surface area contributed by atoms with Crippen molar-refractivity contribution in [1.29, 1.82) is 0 Å². The van der Waals surface area contributed by atoms with Crippen LogP contribution >= 0.6 is 14.7 Å². The van der Waals surface area contributed by atoms with Crippen LogP contribution in [0, 0.1) is 0 Å². The quantitative estimate of drug-likeness (QED) is 0.268. The minimum Gasteiger partial charge on any atom is -0.481 e. The molecule has 0 rings (SSSR count). The molecule has 0 aliphatic carbocycles. The van der Waals surface area contributed by atoms with Crippen LogP contribution in [0.1, 0.15) is 26.7 Å². The van der Waals surface area contributed by atoms with Gasteiger partial charge in [-0.3, -0.25) is 18.7 Å². The summed E-state index contributed by atoms with van der Waals surface area (Å²) in [5.74, 6) is -1.40. The third-order valence-corrected chi connectivity index (χ3v) is 7.50. The smallest absolute Gasteiger partial charge is 0.306 e. The van der Waals surface area contributed by atoms with Gasteiger partial charge in [-0.2, -0.15) is 0 Å². The monoisotopic (exact) mass is 412 g/mol. The molecule has 10 heteroatoms. The second kappa shape index (κ2) is 14.9. The maximum atomic E-state index is 11.7. The van der Waals surface area contributed by atoms with Crippen LogP contribution in [0.25, 0.3) is 0 Å². The zero-order valence-electron chi connectivity index (χ0n) is 15.5. The van der Waals surface area contributed by atoms with E-state index in [2.05, 4.69) is 17.9 Å². The van der Waals surface area contributed by atoms with Gasteiger partial charge < -0.3 is 19.3 Å². The second-order valence-electron chi connectivity index (χ2n) is 5.19. The molecule has 0 radical (unpaired) electrons. The minimum absolute atomic E-state index is 0.000520. The molecule has 0 aliphatic heterocycles. The number of carbonyl (C=O) groups is 2. The summed E-state index contributed by atoms with van der Waals surface area (Å²) in [7, 11) is -5.81. The predicted octanol–water partition coefficient (Wildman–Crippen LogP) is 3.36. The molecule has 0 bridgehead atoms. The van der Waals surface area contributed by atoms with Crippen LogP contribution in [0.2, 0.25) is 0 Å². The van der Waals surface area contributed by atoms with Gasteiger partial charge in [0.15, 0.2) is 0 Å². The lowest BCUT2D eigenvalue weighted by Crippen LogP contribution is -2.07. The highest BCUT2D eigenvalue weighted by Crippen LogP contribution is 2.46. The summed E-state index contributed by atoms with van der Waals surface area (Å²) in [5, 5.41) is 8.40. The fourth-order valence-corrected chi connectivity index (χ4v) is 3.80. The molecule has 152 valence electrons. The third-order valence-electron chi connectivity index (χ3n) is 3.10. The molecule has 0 amide bonds. The SMILES string of the molecule is C=CCOC(=O)CCP(=O)(O)CC.C=CCOP(=O)(CC)CCC(=O)O. The van der Waals surface area contributed by atoms with Crippen molar-refractivity contribution >= 4 is 26.7 Å². The fraction of sp³-hybridized carbons (Fsp3) is 0.625. The Morgan fingerprint density at radius 1 is 1.00 bits per heavy atom. The number of hydrogen-bond donors (Lipinski definition) is 2. The number of carboxylic acids is 1. The topological polar surface area (TPSA) is 127 Å². The van der Waals surface area contributed by atoms with E-state index >= 15 is 0 Å². The Labute approximate surface area is 155 Å². The maximum absolute atomic E-state index is 11.7. The zero-order valence-corrected chi connectivity index (χ0v) is 17.3. The van der Waals surface area contributed by atoms with Gasteiger partial charge in [0, 0.05) is 24.6 Å². The van der Waals surface area contributed by atoms with Crippen LogP contribution in [-0.2, 0) is 28.0 Å². The van der Waals surface area contributed by atoms with Gasteiger partial charge in [0.2, 0.25) is 14.7 Å². The number of hydrogen-bond acceptors (Lipinski definition) is 6. The molecule has 0 aromatic heterocycles. The molecular formula is C16H30O8P2. The lowest BCUT2D eigenvalue weighted by molar-refractivity contribution is -0.142. The number of carboxylic acid groups (broad SMARTS) is 1. The van der Waals surface area contributed by atoms with Crippen LogP contribution in [0.15, 0.2) is 25.3 Å². The van der Waals surface area contributed by atoms with Gasteiger partial charge in [-0.15, -0.1) is 6.58 Å². The Balaban J connectivity index is 0. The summed E-state index contributed by atoms with van der Waals surface area (Å²) in [5.41, 5.74) is 0. The summed E-state index contributed by atoms with van der Waals surface area (Å²) in [6, 6.07) is 0. The number of esters is 1. The maximum Gasteiger partial charge on any atom is 0.306 e. The number of carbonyl (C=O) groups excluding carboxylic acids is 1. The molecule has 0 fully saturated rings. The highest BCUT2D eigenvalue weighted by Gasteiger charge is 2.21. The van der Waals surface area contributed by atoms with Crippen LogP contribution in [0.4, 0.5) is 0 Å². The van der Waals surface area contributed by atoms with E-state index < -0.39 is 26.7 Å². The van der Waals surface area contributed by atoms with Gasteiger partial charge in [0.1, 0.15) is 6.61 Å². The Hall–Kier alpha value is -1.20. The molecule has 0 spiro atoms. The average molecular weight is 412 g/mol. The number of ether oxygens (including phenoxy) is 1. The van der Waals surface area contributed by atoms with Gasteiger partial charge in [0.05, 0.1) is 19.4 Å². The summed E-state index contributed by atoms with van der Waals surface area (Å²) in [6.45, 7) is 10.5. The van der Waals surface area contributed by atoms with E-state index in [0.29, 0.717) is 6.16 Å². The average Bonchev–Trinajstić information content (AvgIpc) is 2.62. The Kier molecular flexibility index (Phi) is 15.5. The van der Waals surface area contributed by atoms with Gasteiger partial charge in [0.25, 0.3) is 0 Å². The molecular weight excluding hydrogens is 382 g/mol. The Morgan fingerprint density at radius 3 is 2.00 bits per heavy atom. The van der Waals surface area contributed by atoms with E-state index in [9.17, 15) is 18.7 Å². The first-order valence-corrected chi connectivity index (χ1v) is 12.2. The predicted molar refractivity (Wildman–Crippen MR) is 102 cm³/mol. The van der Waals surface area contributed by atoms with Crippen molar-refractivity contribution in [2.24, 2.45) is 0 Å². The second-order valence-corrected chi connectivity index (χ2v) is 10.9. The van der Waals surface area contributed by atoms with Crippen LogP contribution in [0.5, 0.6) is 0 Å². The van der Waals surface area contributed by atoms with Crippen LogP contribution in [0.3, 0.4) is 0 Å². The zero-order chi connectivity index (χ0) is 20.6. The molecule has 26 heavy (non-hydrogen) atoms. The fourth-order valence-electron chi connectivity index (χ4n) is 1.42. The van der Waals surface area contributed by atoms with Crippen molar-refractivity contribution in [3.05, 3.63) is 25.3 Å². The Morgan fingerprint density at radius 2 is 1.58 bits per heavy atom. The van der Waals surface area contributed by atoms with E-state index in [4.69, 9.17) is 14.5 Å². The standard InChI is InChI=1S/2C8H15O4P/c1-3-6-12-8(9)5-7-13(10,11)4-2;1-3-6-12-13(11,4-2)7-5-8(9)10/h3H,1,4-7H2,2H3,(H,10,11);3H,1,4-7H2,2H3,(H,9,10). The van der Waals surface area contributed by atoms with Crippen molar-refractivity contribution in [2.75, 3.05) is 37.9 Å². The molecule has 0 aromatic rings. The van der Waals surface area contributed by atoms with E-state index in [0.717, 1.165) is 0 Å². The third kappa shape index (κ3) is 16.3. The molecule has 0 saturated heterocycles. The summed E-state index contributed by atoms with van der Waals surface area (Å²) < 4.78 is 32.5. The summed E-state index contributed by atoms with van der Waals surface area (Å²) in [6.07, 6.45) is 3.51. The minimum atomic E-state index is -3.09. The van der Waals surface area contributed by atoms with Gasteiger partial charge in [-0.25, -0.2) is 0 Å².